The Morgan fingerprint density at radius 3 is 0.682 bits per heavy atom. The lowest BCUT2D eigenvalue weighted by atomic mass is 10.4. The summed E-state index contributed by atoms with van der Waals surface area (Å²) in [4.78, 5) is 3.58. The summed E-state index contributed by atoms with van der Waals surface area (Å²) in [6.45, 7) is 12.9. The van der Waals surface area contributed by atoms with E-state index in [-0.39, 0.29) is 0 Å². The molecule has 0 unspecified atom stereocenters. The van der Waals surface area contributed by atoms with Crippen molar-refractivity contribution in [3.8, 4) is 0 Å². The van der Waals surface area contributed by atoms with Gasteiger partial charge in [-0.15, -0.1) is 0 Å². The number of quaternary nitrogens is 2. The molecule has 0 aromatic rings. The zero-order chi connectivity index (χ0) is 35.6. The molecule has 2 N–H and O–H groups in total. The van der Waals surface area contributed by atoms with Crippen LogP contribution in [0.1, 0.15) is 39.5 Å². The molecular weight excluding hydrogens is 732 g/mol. The Morgan fingerprint density at radius 1 is 0.432 bits per heavy atom. The quantitative estimate of drug-likeness (QED) is 0.384. The normalized spacial score (nSPS) is 18.0. The van der Waals surface area contributed by atoms with Crippen molar-refractivity contribution < 1.29 is 96.2 Å². The summed E-state index contributed by atoms with van der Waals surface area (Å²) in [5, 5.41) is 0. The van der Waals surface area contributed by atoms with Gasteiger partial charge in [0.1, 0.15) is 0 Å². The first-order valence-electron chi connectivity index (χ1n) is 11.7. The summed E-state index contributed by atoms with van der Waals surface area (Å²) >= 11 is 0. The minimum Gasteiger partial charge on any atom is -0.421 e. The number of rotatable bonds is 6. The van der Waals surface area contributed by atoms with Gasteiger partial charge >= 0.3 is 22.0 Å². The maximum atomic E-state index is 11.4. The fourth-order valence-electron chi connectivity index (χ4n) is 2.88. The van der Waals surface area contributed by atoms with Crippen LogP contribution in [0.4, 0.5) is 52.7 Å². The van der Waals surface area contributed by atoms with E-state index < -0.39 is 62.1 Å². The second-order valence-electron chi connectivity index (χ2n) is 8.45. The average molecular weight is 761 g/mol. The lowest BCUT2D eigenvalue weighted by molar-refractivity contribution is -0.885. The predicted octanol–water partition coefficient (Wildman–Crippen LogP) is 1.49. The van der Waals surface area contributed by atoms with E-state index in [1.807, 2.05) is 0 Å². The molecular formula is C16H28F12N4O8S4. The summed E-state index contributed by atoms with van der Waals surface area (Å²) in [5.41, 5.74) is -24.8. The predicted molar refractivity (Wildman–Crippen MR) is 128 cm³/mol. The van der Waals surface area contributed by atoms with Crippen molar-refractivity contribution in [2.75, 3.05) is 39.3 Å². The molecule has 2 aliphatic rings. The van der Waals surface area contributed by atoms with Gasteiger partial charge in [-0.05, 0) is 13.8 Å². The lowest BCUT2D eigenvalue weighted by Crippen LogP contribution is -3.09. The van der Waals surface area contributed by atoms with Crippen molar-refractivity contribution in [3.05, 3.63) is 8.25 Å². The van der Waals surface area contributed by atoms with Gasteiger partial charge in [0.05, 0.1) is 39.3 Å². The molecule has 268 valence electrons. The van der Waals surface area contributed by atoms with E-state index in [0.717, 1.165) is 8.25 Å². The molecule has 28 heteroatoms. The molecule has 44 heavy (non-hydrogen) atoms. The molecule has 2 saturated heterocycles. The molecule has 0 aromatic carbocycles. The molecule has 2 aliphatic heterocycles. The molecule has 0 spiro atoms. The van der Waals surface area contributed by atoms with Crippen LogP contribution < -0.4 is 9.80 Å². The van der Waals surface area contributed by atoms with E-state index in [1.54, 1.807) is 9.80 Å². The van der Waals surface area contributed by atoms with Gasteiger partial charge in [0, 0.05) is 25.7 Å². The number of halogens is 12. The number of alkyl halides is 12. The van der Waals surface area contributed by atoms with E-state index in [0.29, 0.717) is 0 Å². The first kappa shape index (κ1) is 44.9. The van der Waals surface area contributed by atoms with E-state index in [1.165, 1.54) is 65.0 Å². The number of nitrogens with zero attached hydrogens (tertiary/aromatic N) is 2. The van der Waals surface area contributed by atoms with Crippen molar-refractivity contribution in [2.24, 2.45) is 0 Å². The average Bonchev–Trinajstić information content (AvgIpc) is 3.50. The van der Waals surface area contributed by atoms with Crippen LogP contribution in [0.5, 0.6) is 0 Å². The molecule has 0 aliphatic carbocycles. The standard InChI is InChI=1S/2C6H13N.2C2F6NO4S2/c2*1-2-7-5-3-4-6-7;2*3-1(4,5)14(10,11)9-15(12,13)2(6,7)8/h2*2-6H2,1H3;;/q;;2*-1/p+2. The van der Waals surface area contributed by atoms with Crippen molar-refractivity contribution in [2.45, 2.75) is 61.6 Å². The van der Waals surface area contributed by atoms with Gasteiger partial charge in [0.15, 0.2) is 40.1 Å². The highest BCUT2D eigenvalue weighted by Gasteiger charge is 2.48. The van der Waals surface area contributed by atoms with Gasteiger partial charge in [-0.2, -0.15) is 52.7 Å². The Labute approximate surface area is 245 Å². The second-order valence-corrected chi connectivity index (χ2v) is 15.3. The van der Waals surface area contributed by atoms with Crippen LogP contribution in [-0.2, 0) is 40.1 Å². The van der Waals surface area contributed by atoms with Crippen LogP contribution in [0.2, 0.25) is 0 Å². The van der Waals surface area contributed by atoms with Crippen LogP contribution in [0.25, 0.3) is 8.25 Å². The van der Waals surface area contributed by atoms with Crippen molar-refractivity contribution in [1.82, 2.24) is 0 Å². The number of sulfonamides is 4. The fraction of sp³-hybridized carbons (Fsp3) is 1.00. The zero-order valence-electron chi connectivity index (χ0n) is 22.4. The van der Waals surface area contributed by atoms with E-state index in [9.17, 15) is 86.4 Å². The third-order valence-corrected chi connectivity index (χ3v) is 10.7. The third kappa shape index (κ3) is 15.4. The monoisotopic (exact) mass is 760 g/mol. The third-order valence-electron chi connectivity index (χ3n) is 5.18. The van der Waals surface area contributed by atoms with E-state index >= 15 is 0 Å². The number of hydrogen-bond donors (Lipinski definition) is 2. The Morgan fingerprint density at radius 2 is 0.591 bits per heavy atom. The Hall–Kier alpha value is -1.20. The van der Waals surface area contributed by atoms with Crippen LogP contribution in [0.3, 0.4) is 0 Å². The number of hydrogen-bond acceptors (Lipinski definition) is 8. The lowest BCUT2D eigenvalue weighted by Gasteiger charge is -2.22. The highest BCUT2D eigenvalue weighted by Crippen LogP contribution is 2.37. The van der Waals surface area contributed by atoms with E-state index in [2.05, 4.69) is 13.8 Å². The SMILES string of the molecule is CC[NH+]1CCCC1.CC[NH+]1CCCC1.O=S(=O)([N-]S(=O)(=O)C(F)(F)F)C(F)(F)F.O=S(=O)([N-]S(=O)(=O)C(F)(F)F)C(F)(F)F. The van der Waals surface area contributed by atoms with Crippen LogP contribution >= 0.6 is 0 Å². The van der Waals surface area contributed by atoms with Gasteiger partial charge in [-0.1, -0.05) is 0 Å². The molecule has 0 aromatic heterocycles. The Balaban J connectivity index is 0. The van der Waals surface area contributed by atoms with Gasteiger partial charge < -0.3 is 18.1 Å². The summed E-state index contributed by atoms with van der Waals surface area (Å²) in [6, 6.07) is 0. The molecule has 0 atom stereocenters. The molecule has 0 bridgehead atoms. The minimum absolute atomic E-state index is 0.778. The smallest absolute Gasteiger partial charge is 0.421 e. The molecule has 0 radical (unpaired) electrons. The van der Waals surface area contributed by atoms with Crippen molar-refractivity contribution in [3.63, 3.8) is 0 Å². The molecule has 0 amide bonds. The Bertz CT molecular complexity index is 1110. The molecule has 2 fully saturated rings. The molecule has 2 rings (SSSR count). The van der Waals surface area contributed by atoms with E-state index in [4.69, 9.17) is 0 Å². The molecule has 12 nitrogen and oxygen atoms in total. The summed E-state index contributed by atoms with van der Waals surface area (Å²) in [6.07, 6.45) is 5.85. The number of nitrogens with one attached hydrogen (secondary N) is 2. The largest absolute Gasteiger partial charge is 0.480 e. The highest BCUT2D eigenvalue weighted by molar-refractivity contribution is 8.13. The van der Waals surface area contributed by atoms with Crippen LogP contribution in [0, 0.1) is 0 Å². The van der Waals surface area contributed by atoms with Crippen molar-refractivity contribution >= 4 is 40.1 Å². The van der Waals surface area contributed by atoms with Gasteiger partial charge in [-0.25, -0.2) is 33.7 Å². The summed E-state index contributed by atoms with van der Waals surface area (Å²) in [5.74, 6) is 0. The first-order chi connectivity index (χ1) is 19.3. The van der Waals surface area contributed by atoms with Crippen LogP contribution in [-0.4, -0.2) is 95.0 Å². The minimum atomic E-state index is -6.72. The van der Waals surface area contributed by atoms with Gasteiger partial charge in [-0.3, -0.25) is 0 Å². The number of likely N-dealkylation sites (tertiary alicyclic amines) is 2. The fourth-order valence-corrected chi connectivity index (χ4v) is 6.30. The summed E-state index contributed by atoms with van der Waals surface area (Å²) < 4.78 is 218. The maximum Gasteiger partial charge on any atom is 0.480 e. The molecule has 0 saturated carbocycles. The summed E-state index contributed by atoms with van der Waals surface area (Å²) in [7, 11) is -26.9. The first-order valence-corrected chi connectivity index (χ1v) is 17.4. The highest BCUT2D eigenvalue weighted by atomic mass is 32.3. The molecule has 2 heterocycles. The van der Waals surface area contributed by atoms with Crippen molar-refractivity contribution in [1.29, 1.82) is 0 Å². The second kappa shape index (κ2) is 16.6. The van der Waals surface area contributed by atoms with Gasteiger partial charge in [0.25, 0.3) is 0 Å². The maximum absolute atomic E-state index is 11.4. The Kier molecular flexibility index (Phi) is 16.9. The topological polar surface area (TPSA) is 174 Å². The van der Waals surface area contributed by atoms with Crippen LogP contribution in [0.15, 0.2) is 0 Å². The van der Waals surface area contributed by atoms with Gasteiger partial charge in [0.2, 0.25) is 0 Å². The zero-order valence-corrected chi connectivity index (χ0v) is 25.7.